The number of amides is 1. The van der Waals surface area contributed by atoms with Crippen LogP contribution in [0.2, 0.25) is 0 Å². The molecule has 3 nitrogen and oxygen atoms in total. The highest BCUT2D eigenvalue weighted by Crippen LogP contribution is 2.41. The van der Waals surface area contributed by atoms with Crippen LogP contribution >= 0.6 is 0 Å². The molecule has 0 aromatic heterocycles. The lowest BCUT2D eigenvalue weighted by Crippen LogP contribution is -2.42. The maximum absolute atomic E-state index is 11.4. The van der Waals surface area contributed by atoms with Crippen LogP contribution in [0, 0.1) is 18.3 Å². The summed E-state index contributed by atoms with van der Waals surface area (Å²) in [6.07, 6.45) is 2.53. The standard InChI is InChI=1S/C16H24N2O/c1-11-4-6-12(7-5-11)14(13-8-9-13)18-10-16(2,3)15(17)19/h4-7,13-14,18H,8-10H2,1-3H3,(H2,17,19). The lowest BCUT2D eigenvalue weighted by Gasteiger charge is -2.26. The van der Waals surface area contributed by atoms with Crippen molar-refractivity contribution in [2.24, 2.45) is 17.1 Å². The molecular formula is C16H24N2O. The summed E-state index contributed by atoms with van der Waals surface area (Å²) in [6, 6.07) is 9.00. The first kappa shape index (κ1) is 14.1. The van der Waals surface area contributed by atoms with Gasteiger partial charge in [0.05, 0.1) is 5.41 Å². The number of nitrogens with one attached hydrogen (secondary N) is 1. The second kappa shape index (κ2) is 5.33. The maximum atomic E-state index is 11.4. The van der Waals surface area contributed by atoms with Crippen molar-refractivity contribution in [1.29, 1.82) is 0 Å². The van der Waals surface area contributed by atoms with Crippen LogP contribution in [0.5, 0.6) is 0 Å². The summed E-state index contributed by atoms with van der Waals surface area (Å²) in [5.74, 6) is 0.449. The number of aryl methyl sites for hydroxylation is 1. The van der Waals surface area contributed by atoms with Gasteiger partial charge in [0, 0.05) is 12.6 Å². The van der Waals surface area contributed by atoms with Crippen LogP contribution in [0.1, 0.15) is 43.9 Å². The fourth-order valence-corrected chi connectivity index (χ4v) is 2.21. The van der Waals surface area contributed by atoms with Crippen molar-refractivity contribution in [2.45, 2.75) is 39.7 Å². The molecule has 3 heteroatoms. The Hall–Kier alpha value is -1.35. The summed E-state index contributed by atoms with van der Waals surface area (Å²) in [5, 5.41) is 3.54. The van der Waals surface area contributed by atoms with Crippen molar-refractivity contribution >= 4 is 5.91 Å². The van der Waals surface area contributed by atoms with E-state index >= 15 is 0 Å². The lowest BCUT2D eigenvalue weighted by molar-refractivity contribution is -0.125. The molecular weight excluding hydrogens is 236 g/mol. The third kappa shape index (κ3) is 3.57. The van der Waals surface area contributed by atoms with Gasteiger partial charge in [0.15, 0.2) is 0 Å². The molecule has 2 rings (SSSR count). The van der Waals surface area contributed by atoms with Crippen LogP contribution in [0.4, 0.5) is 0 Å². The summed E-state index contributed by atoms with van der Waals surface area (Å²) in [6.45, 7) is 6.50. The third-order valence-corrected chi connectivity index (χ3v) is 3.96. The van der Waals surface area contributed by atoms with Crippen LogP contribution in [0.3, 0.4) is 0 Å². The Morgan fingerprint density at radius 3 is 2.42 bits per heavy atom. The first-order chi connectivity index (χ1) is 8.90. The molecule has 1 saturated carbocycles. The Morgan fingerprint density at radius 1 is 1.37 bits per heavy atom. The van der Waals surface area contributed by atoms with Gasteiger partial charge in [-0.3, -0.25) is 4.79 Å². The zero-order valence-electron chi connectivity index (χ0n) is 12.1. The quantitative estimate of drug-likeness (QED) is 0.826. The second-order valence-corrected chi connectivity index (χ2v) is 6.35. The van der Waals surface area contributed by atoms with E-state index in [1.165, 1.54) is 24.0 Å². The highest BCUT2D eigenvalue weighted by molar-refractivity contribution is 5.80. The van der Waals surface area contributed by atoms with Gasteiger partial charge < -0.3 is 11.1 Å². The van der Waals surface area contributed by atoms with Crippen molar-refractivity contribution in [3.63, 3.8) is 0 Å². The number of rotatable bonds is 6. The van der Waals surface area contributed by atoms with Crippen molar-refractivity contribution in [1.82, 2.24) is 5.32 Å². The minimum Gasteiger partial charge on any atom is -0.369 e. The van der Waals surface area contributed by atoms with E-state index in [1.54, 1.807) is 0 Å². The normalized spacial score (nSPS) is 17.2. The zero-order valence-corrected chi connectivity index (χ0v) is 12.1. The molecule has 1 aliphatic carbocycles. The van der Waals surface area contributed by atoms with E-state index in [-0.39, 0.29) is 5.91 Å². The Labute approximate surface area is 115 Å². The zero-order chi connectivity index (χ0) is 14.0. The number of benzene rings is 1. The fraction of sp³-hybridized carbons (Fsp3) is 0.562. The number of carbonyl (C=O) groups excluding carboxylic acids is 1. The van der Waals surface area contributed by atoms with Crippen molar-refractivity contribution in [3.05, 3.63) is 35.4 Å². The molecule has 1 aromatic carbocycles. The highest BCUT2D eigenvalue weighted by atomic mass is 16.1. The molecule has 3 N–H and O–H groups in total. The van der Waals surface area contributed by atoms with Gasteiger partial charge in [-0.1, -0.05) is 29.8 Å². The van der Waals surface area contributed by atoms with Crippen molar-refractivity contribution in [2.75, 3.05) is 6.54 Å². The molecule has 19 heavy (non-hydrogen) atoms. The van der Waals surface area contributed by atoms with Gasteiger partial charge in [0.25, 0.3) is 0 Å². The Kier molecular flexibility index (Phi) is 3.95. The molecule has 1 atom stereocenters. The van der Waals surface area contributed by atoms with Gasteiger partial charge in [0.2, 0.25) is 5.91 Å². The highest BCUT2D eigenvalue weighted by Gasteiger charge is 2.34. The minimum absolute atomic E-state index is 0.251. The van der Waals surface area contributed by atoms with Crippen LogP contribution in [-0.2, 0) is 4.79 Å². The first-order valence-corrected chi connectivity index (χ1v) is 7.00. The van der Waals surface area contributed by atoms with Crippen LogP contribution in [0.15, 0.2) is 24.3 Å². The molecule has 0 bridgehead atoms. The molecule has 0 radical (unpaired) electrons. The van der Waals surface area contributed by atoms with E-state index in [2.05, 4.69) is 36.5 Å². The monoisotopic (exact) mass is 260 g/mol. The topological polar surface area (TPSA) is 55.1 Å². The van der Waals surface area contributed by atoms with Gasteiger partial charge in [0.1, 0.15) is 0 Å². The summed E-state index contributed by atoms with van der Waals surface area (Å²) in [7, 11) is 0. The number of hydrogen-bond donors (Lipinski definition) is 2. The Morgan fingerprint density at radius 2 is 1.95 bits per heavy atom. The second-order valence-electron chi connectivity index (χ2n) is 6.35. The van der Waals surface area contributed by atoms with Crippen molar-refractivity contribution < 1.29 is 4.79 Å². The molecule has 0 saturated heterocycles. The van der Waals surface area contributed by atoms with Gasteiger partial charge in [-0.25, -0.2) is 0 Å². The predicted octanol–water partition coefficient (Wildman–Crippen LogP) is 2.55. The van der Waals surface area contributed by atoms with Gasteiger partial charge in [-0.15, -0.1) is 0 Å². The van der Waals surface area contributed by atoms with E-state index in [9.17, 15) is 4.79 Å². The first-order valence-electron chi connectivity index (χ1n) is 7.00. The largest absolute Gasteiger partial charge is 0.369 e. The molecule has 1 fully saturated rings. The van der Waals surface area contributed by atoms with Crippen LogP contribution < -0.4 is 11.1 Å². The smallest absolute Gasteiger partial charge is 0.224 e. The Balaban J connectivity index is 2.05. The van der Waals surface area contributed by atoms with Gasteiger partial charge in [-0.2, -0.15) is 0 Å². The van der Waals surface area contributed by atoms with E-state index in [0.29, 0.717) is 18.5 Å². The van der Waals surface area contributed by atoms with E-state index in [4.69, 9.17) is 5.73 Å². The Bertz CT molecular complexity index is 446. The number of carbonyl (C=O) groups is 1. The number of primary amides is 1. The minimum atomic E-state index is -0.502. The average Bonchev–Trinajstić information content (AvgIpc) is 3.16. The van der Waals surface area contributed by atoms with Crippen molar-refractivity contribution in [3.8, 4) is 0 Å². The summed E-state index contributed by atoms with van der Waals surface area (Å²) < 4.78 is 0. The van der Waals surface area contributed by atoms with E-state index < -0.39 is 5.41 Å². The van der Waals surface area contributed by atoms with Crippen LogP contribution in [-0.4, -0.2) is 12.5 Å². The summed E-state index contributed by atoms with van der Waals surface area (Å²) in [4.78, 5) is 11.4. The summed E-state index contributed by atoms with van der Waals surface area (Å²) in [5.41, 5.74) is 7.51. The molecule has 104 valence electrons. The summed E-state index contributed by atoms with van der Waals surface area (Å²) >= 11 is 0. The molecule has 0 heterocycles. The van der Waals surface area contributed by atoms with Crippen LogP contribution in [0.25, 0.3) is 0 Å². The maximum Gasteiger partial charge on any atom is 0.224 e. The SMILES string of the molecule is Cc1ccc(C(NCC(C)(C)C(N)=O)C2CC2)cc1. The van der Waals surface area contributed by atoms with E-state index in [1.807, 2.05) is 13.8 Å². The lowest BCUT2D eigenvalue weighted by atomic mass is 9.91. The van der Waals surface area contributed by atoms with Gasteiger partial charge in [-0.05, 0) is 45.1 Å². The third-order valence-electron chi connectivity index (χ3n) is 3.96. The molecule has 1 unspecified atom stereocenters. The predicted molar refractivity (Wildman–Crippen MR) is 77.6 cm³/mol. The van der Waals surface area contributed by atoms with E-state index in [0.717, 1.165) is 0 Å². The number of nitrogens with two attached hydrogens (primary N) is 1. The molecule has 1 aliphatic rings. The molecule has 0 aliphatic heterocycles. The molecule has 1 amide bonds. The average molecular weight is 260 g/mol. The fourth-order valence-electron chi connectivity index (χ4n) is 2.21. The molecule has 0 spiro atoms. The number of hydrogen-bond acceptors (Lipinski definition) is 2. The van der Waals surface area contributed by atoms with Gasteiger partial charge >= 0.3 is 0 Å². The molecule has 1 aromatic rings.